The Bertz CT molecular complexity index is 968. The van der Waals surface area contributed by atoms with Crippen LogP contribution in [0.3, 0.4) is 0 Å². The van der Waals surface area contributed by atoms with Crippen LogP contribution >= 0.6 is 0 Å². The molecule has 1 N–H and O–H groups in total. The Morgan fingerprint density at radius 1 is 1.07 bits per heavy atom. The molecule has 0 radical (unpaired) electrons. The number of sulfonamides is 1. The molecule has 1 aliphatic rings. The van der Waals surface area contributed by atoms with Gasteiger partial charge in [-0.2, -0.15) is 4.31 Å². The Morgan fingerprint density at radius 3 is 2.38 bits per heavy atom. The van der Waals surface area contributed by atoms with Crippen molar-refractivity contribution < 1.29 is 13.2 Å². The van der Waals surface area contributed by atoms with E-state index in [0.717, 1.165) is 34.7 Å². The molecule has 1 atom stereocenters. The molecule has 0 saturated heterocycles. The summed E-state index contributed by atoms with van der Waals surface area (Å²) in [5.74, 6) is -0.298. The number of likely N-dealkylation sites (N-methyl/N-ethyl adjacent to an activating group) is 1. The maximum Gasteiger partial charge on any atom is 0.243 e. The van der Waals surface area contributed by atoms with E-state index in [-0.39, 0.29) is 23.4 Å². The number of hydrogen-bond donors (Lipinski definition) is 1. The molecular weight excluding hydrogens is 384 g/mol. The van der Waals surface area contributed by atoms with Crippen LogP contribution < -0.4 is 5.32 Å². The van der Waals surface area contributed by atoms with Crippen molar-refractivity contribution in [1.82, 2.24) is 9.62 Å². The molecule has 5 nitrogen and oxygen atoms in total. The first kappa shape index (κ1) is 21.5. The Kier molecular flexibility index (Phi) is 6.75. The van der Waals surface area contributed by atoms with E-state index in [2.05, 4.69) is 23.5 Å². The summed E-state index contributed by atoms with van der Waals surface area (Å²) in [6, 6.07) is 13.0. The van der Waals surface area contributed by atoms with Gasteiger partial charge in [0.15, 0.2) is 0 Å². The molecule has 0 saturated carbocycles. The quantitative estimate of drug-likeness (QED) is 0.750. The maximum absolute atomic E-state index is 12.7. The highest BCUT2D eigenvalue weighted by atomic mass is 32.2. The van der Waals surface area contributed by atoms with Crippen LogP contribution in [0.2, 0.25) is 0 Å². The Balaban J connectivity index is 1.67. The lowest BCUT2D eigenvalue weighted by atomic mass is 9.89. The van der Waals surface area contributed by atoms with E-state index in [9.17, 15) is 13.2 Å². The van der Waals surface area contributed by atoms with Gasteiger partial charge in [0.25, 0.3) is 0 Å². The first-order chi connectivity index (χ1) is 13.8. The van der Waals surface area contributed by atoms with Gasteiger partial charge < -0.3 is 5.32 Å². The lowest BCUT2D eigenvalue weighted by molar-refractivity contribution is -0.121. The van der Waals surface area contributed by atoms with Crippen molar-refractivity contribution in [1.29, 1.82) is 0 Å². The van der Waals surface area contributed by atoms with E-state index in [4.69, 9.17) is 0 Å². The zero-order valence-electron chi connectivity index (χ0n) is 17.4. The van der Waals surface area contributed by atoms with E-state index in [1.165, 1.54) is 31.0 Å². The topological polar surface area (TPSA) is 66.5 Å². The van der Waals surface area contributed by atoms with E-state index < -0.39 is 10.0 Å². The third-order valence-corrected chi connectivity index (χ3v) is 7.43. The number of amides is 1. The van der Waals surface area contributed by atoms with Crippen LogP contribution in [0.4, 0.5) is 0 Å². The van der Waals surface area contributed by atoms with Crippen LogP contribution in [0.5, 0.6) is 0 Å². The largest absolute Gasteiger partial charge is 0.348 e. The number of benzene rings is 2. The number of aryl methyl sites for hydroxylation is 3. The first-order valence-electron chi connectivity index (χ1n) is 10.3. The van der Waals surface area contributed by atoms with Crippen molar-refractivity contribution >= 4 is 15.9 Å². The highest BCUT2D eigenvalue weighted by Gasteiger charge is 2.24. The highest BCUT2D eigenvalue weighted by Crippen LogP contribution is 2.26. The predicted molar refractivity (Wildman–Crippen MR) is 115 cm³/mol. The third kappa shape index (κ3) is 5.06. The molecular formula is C23H30N2O3S. The van der Waals surface area contributed by atoms with Crippen LogP contribution in [0.15, 0.2) is 47.4 Å². The molecule has 1 amide bonds. The van der Waals surface area contributed by atoms with E-state index >= 15 is 0 Å². The number of hydrogen-bond acceptors (Lipinski definition) is 3. The van der Waals surface area contributed by atoms with Gasteiger partial charge in [-0.15, -0.1) is 0 Å². The molecule has 156 valence electrons. The summed E-state index contributed by atoms with van der Waals surface area (Å²) in [6.07, 6.45) is 5.41. The number of nitrogens with one attached hydrogen (secondary N) is 1. The van der Waals surface area contributed by atoms with Crippen LogP contribution in [0.25, 0.3) is 0 Å². The normalized spacial score (nSPS) is 15.0. The molecule has 29 heavy (non-hydrogen) atoms. The van der Waals surface area contributed by atoms with E-state index in [0.29, 0.717) is 0 Å². The van der Waals surface area contributed by atoms with Crippen molar-refractivity contribution in [3.05, 3.63) is 64.7 Å². The Hall–Kier alpha value is -2.18. The lowest BCUT2D eigenvalue weighted by Crippen LogP contribution is -2.39. The fourth-order valence-corrected chi connectivity index (χ4v) is 4.94. The number of fused-ring (bicyclic) bond motifs is 1. The van der Waals surface area contributed by atoms with Gasteiger partial charge in [-0.3, -0.25) is 4.79 Å². The van der Waals surface area contributed by atoms with Crippen LogP contribution in [-0.2, 0) is 27.7 Å². The second kappa shape index (κ2) is 9.09. The molecule has 2 aromatic carbocycles. The maximum atomic E-state index is 12.7. The third-order valence-electron chi connectivity index (χ3n) is 5.61. The zero-order chi connectivity index (χ0) is 21.0. The second-order valence-corrected chi connectivity index (χ2v) is 9.88. The molecule has 0 unspecified atom stereocenters. The molecule has 0 aromatic heterocycles. The van der Waals surface area contributed by atoms with Gasteiger partial charge in [-0.25, -0.2) is 8.42 Å². The average Bonchev–Trinajstić information content (AvgIpc) is 2.72. The lowest BCUT2D eigenvalue weighted by Gasteiger charge is -2.23. The van der Waals surface area contributed by atoms with Gasteiger partial charge in [-0.05, 0) is 67.9 Å². The highest BCUT2D eigenvalue weighted by molar-refractivity contribution is 7.89. The second-order valence-electron chi connectivity index (χ2n) is 7.84. The van der Waals surface area contributed by atoms with Gasteiger partial charge in [-0.1, -0.05) is 42.8 Å². The number of carbonyl (C=O) groups excluding carboxylic acids is 1. The van der Waals surface area contributed by atoms with Crippen LogP contribution in [0, 0.1) is 6.92 Å². The SMILES string of the molecule is CC[C@H](NC(=O)CN(C)S(=O)(=O)c1ccc(C)cc1)c1ccc2c(c1)CCCC2. The average molecular weight is 415 g/mol. The predicted octanol–water partition coefficient (Wildman–Crippen LogP) is 3.76. The van der Waals surface area contributed by atoms with Gasteiger partial charge in [0.2, 0.25) is 15.9 Å². The Labute approximate surface area is 174 Å². The monoisotopic (exact) mass is 414 g/mol. The van der Waals surface area contributed by atoms with Gasteiger partial charge in [0, 0.05) is 7.05 Å². The summed E-state index contributed by atoms with van der Waals surface area (Å²) in [5.41, 5.74) is 4.86. The molecule has 2 aromatic rings. The summed E-state index contributed by atoms with van der Waals surface area (Å²) in [6.45, 7) is 3.72. The van der Waals surface area contributed by atoms with Crippen molar-refractivity contribution in [2.24, 2.45) is 0 Å². The van der Waals surface area contributed by atoms with E-state index in [1.807, 2.05) is 13.8 Å². The summed E-state index contributed by atoms with van der Waals surface area (Å²) in [7, 11) is -2.26. The van der Waals surface area contributed by atoms with Crippen molar-refractivity contribution in [3.63, 3.8) is 0 Å². The van der Waals surface area contributed by atoms with Crippen molar-refractivity contribution in [2.75, 3.05) is 13.6 Å². The molecule has 0 heterocycles. The molecule has 0 aliphatic heterocycles. The summed E-state index contributed by atoms with van der Waals surface area (Å²) < 4.78 is 26.5. The fourth-order valence-electron chi connectivity index (χ4n) is 3.81. The number of nitrogens with zero attached hydrogens (tertiary/aromatic N) is 1. The van der Waals surface area contributed by atoms with Gasteiger partial charge >= 0.3 is 0 Å². The standard InChI is InChI=1S/C23H30N2O3S/c1-4-22(20-12-11-18-7-5-6-8-19(18)15-20)24-23(26)16-25(3)29(27,28)21-13-9-17(2)10-14-21/h9-15,22H,4-8,16H2,1-3H3,(H,24,26)/t22-/m0/s1. The zero-order valence-corrected chi connectivity index (χ0v) is 18.3. The van der Waals surface area contributed by atoms with Gasteiger partial charge in [0.1, 0.15) is 0 Å². The number of carbonyl (C=O) groups is 1. The van der Waals surface area contributed by atoms with Crippen molar-refractivity contribution in [2.45, 2.75) is 56.9 Å². The first-order valence-corrected chi connectivity index (χ1v) is 11.7. The van der Waals surface area contributed by atoms with Crippen LogP contribution in [0.1, 0.15) is 54.5 Å². The molecule has 0 fully saturated rings. The van der Waals surface area contributed by atoms with Crippen molar-refractivity contribution in [3.8, 4) is 0 Å². The van der Waals surface area contributed by atoms with E-state index in [1.54, 1.807) is 24.3 Å². The summed E-state index contributed by atoms with van der Waals surface area (Å²) >= 11 is 0. The fraction of sp³-hybridized carbons (Fsp3) is 0.435. The molecule has 3 rings (SSSR count). The molecule has 0 bridgehead atoms. The number of rotatable bonds is 7. The van der Waals surface area contributed by atoms with Gasteiger partial charge in [0.05, 0.1) is 17.5 Å². The summed E-state index contributed by atoms with van der Waals surface area (Å²) in [4.78, 5) is 12.8. The molecule has 1 aliphatic carbocycles. The Morgan fingerprint density at radius 2 is 1.72 bits per heavy atom. The minimum absolute atomic E-state index is 0.120. The minimum atomic E-state index is -3.70. The molecule has 0 spiro atoms. The smallest absolute Gasteiger partial charge is 0.243 e. The summed E-state index contributed by atoms with van der Waals surface area (Å²) in [5, 5.41) is 3.01. The molecule has 6 heteroatoms. The van der Waals surface area contributed by atoms with Crippen LogP contribution in [-0.4, -0.2) is 32.2 Å². The minimum Gasteiger partial charge on any atom is -0.348 e.